The molecule has 2 heterocycles. The lowest BCUT2D eigenvalue weighted by molar-refractivity contribution is 0.213. The summed E-state index contributed by atoms with van der Waals surface area (Å²) in [6.07, 6.45) is 0.911. The minimum absolute atomic E-state index is 0.243. The smallest absolute Gasteiger partial charge is 0.252 e. The molecule has 0 aromatic carbocycles. The van der Waals surface area contributed by atoms with Crippen molar-refractivity contribution in [2.75, 3.05) is 13.1 Å². The van der Waals surface area contributed by atoms with E-state index in [0.717, 1.165) is 17.8 Å². The van der Waals surface area contributed by atoms with Gasteiger partial charge < -0.3 is 5.73 Å². The molecular weight excluding hydrogens is 300 g/mol. The minimum Gasteiger partial charge on any atom is -0.389 e. The lowest BCUT2D eigenvalue weighted by Gasteiger charge is -2.34. The van der Waals surface area contributed by atoms with Gasteiger partial charge in [-0.1, -0.05) is 26.1 Å². The van der Waals surface area contributed by atoms with Gasteiger partial charge in [0.1, 0.15) is 9.20 Å². The predicted octanol–water partition coefficient (Wildman–Crippen LogP) is 2.05. The summed E-state index contributed by atoms with van der Waals surface area (Å²) in [5, 5.41) is 0. The van der Waals surface area contributed by atoms with Gasteiger partial charge >= 0.3 is 0 Å². The Hall–Kier alpha value is -0.500. The molecule has 1 fully saturated rings. The fourth-order valence-corrected chi connectivity index (χ4v) is 5.22. The van der Waals surface area contributed by atoms with Gasteiger partial charge in [0.05, 0.1) is 4.88 Å². The van der Waals surface area contributed by atoms with Crippen LogP contribution in [0.4, 0.5) is 0 Å². The van der Waals surface area contributed by atoms with Gasteiger partial charge in [-0.05, 0) is 30.4 Å². The van der Waals surface area contributed by atoms with Gasteiger partial charge in [-0.15, -0.1) is 11.3 Å². The van der Waals surface area contributed by atoms with Gasteiger partial charge in [-0.25, -0.2) is 8.42 Å². The van der Waals surface area contributed by atoms with E-state index in [2.05, 4.69) is 13.8 Å². The van der Waals surface area contributed by atoms with E-state index in [1.165, 1.54) is 0 Å². The molecule has 7 heteroatoms. The molecular formula is C12H18N2O2S3. The highest BCUT2D eigenvalue weighted by Gasteiger charge is 2.32. The maximum Gasteiger partial charge on any atom is 0.252 e. The minimum atomic E-state index is -3.39. The number of hydrogen-bond acceptors (Lipinski definition) is 4. The molecule has 1 aliphatic heterocycles. The van der Waals surface area contributed by atoms with Crippen molar-refractivity contribution in [2.45, 2.75) is 24.5 Å². The van der Waals surface area contributed by atoms with Crippen molar-refractivity contribution in [3.8, 4) is 0 Å². The molecule has 0 radical (unpaired) electrons. The van der Waals surface area contributed by atoms with Crippen LogP contribution in [0.3, 0.4) is 0 Å². The van der Waals surface area contributed by atoms with Crippen molar-refractivity contribution in [3.63, 3.8) is 0 Å². The van der Waals surface area contributed by atoms with E-state index in [1.54, 1.807) is 16.4 Å². The first kappa shape index (κ1) is 14.9. The Morgan fingerprint density at radius 3 is 2.63 bits per heavy atom. The molecule has 0 amide bonds. The van der Waals surface area contributed by atoms with Gasteiger partial charge in [0, 0.05) is 13.1 Å². The molecule has 0 spiro atoms. The largest absolute Gasteiger partial charge is 0.389 e. The number of nitrogens with two attached hydrogens (primary N) is 1. The number of thiophene rings is 1. The SMILES string of the molecule is CC1CCN(S(=O)(=O)c2ccc(C(N)=S)s2)CC1C. The summed E-state index contributed by atoms with van der Waals surface area (Å²) in [5.74, 6) is 0.959. The van der Waals surface area contributed by atoms with Crippen molar-refractivity contribution in [1.82, 2.24) is 4.31 Å². The molecule has 1 aliphatic rings. The van der Waals surface area contributed by atoms with Crippen LogP contribution in [-0.4, -0.2) is 30.8 Å². The van der Waals surface area contributed by atoms with Crippen LogP contribution in [0.5, 0.6) is 0 Å². The predicted molar refractivity (Wildman–Crippen MR) is 81.9 cm³/mol. The van der Waals surface area contributed by atoms with Gasteiger partial charge in [0.2, 0.25) is 0 Å². The second-order valence-corrected chi connectivity index (χ2v) is 8.78. The number of thiocarbonyl (C=S) groups is 1. The summed E-state index contributed by atoms with van der Waals surface area (Å²) >= 11 is 6.02. The molecule has 19 heavy (non-hydrogen) atoms. The third-order valence-electron chi connectivity index (χ3n) is 3.72. The molecule has 2 rings (SSSR count). The summed E-state index contributed by atoms with van der Waals surface area (Å²) in [6.45, 7) is 5.45. The second kappa shape index (κ2) is 5.47. The molecule has 2 N–H and O–H groups in total. The Morgan fingerprint density at radius 1 is 1.42 bits per heavy atom. The topological polar surface area (TPSA) is 63.4 Å². The Morgan fingerprint density at radius 2 is 2.11 bits per heavy atom. The average molecular weight is 318 g/mol. The number of piperidine rings is 1. The Bertz CT molecular complexity index is 580. The third kappa shape index (κ3) is 2.99. The summed E-state index contributed by atoms with van der Waals surface area (Å²) in [5.41, 5.74) is 5.52. The first-order valence-electron chi connectivity index (χ1n) is 6.22. The van der Waals surface area contributed by atoms with E-state index in [4.69, 9.17) is 18.0 Å². The van der Waals surface area contributed by atoms with Gasteiger partial charge in [0.15, 0.2) is 0 Å². The van der Waals surface area contributed by atoms with Crippen LogP contribution in [0.1, 0.15) is 25.1 Å². The zero-order chi connectivity index (χ0) is 14.2. The standard InChI is InChI=1S/C12H18N2O2S3/c1-8-5-6-14(7-9(8)2)19(15,16)11-4-3-10(18-11)12(13)17/h3-4,8-9H,5-7H2,1-2H3,(H2,13,17). The molecule has 0 bridgehead atoms. The Kier molecular flexibility index (Phi) is 4.29. The molecule has 1 aromatic heterocycles. The van der Waals surface area contributed by atoms with Gasteiger partial charge in [0.25, 0.3) is 10.0 Å². The van der Waals surface area contributed by atoms with Crippen LogP contribution in [-0.2, 0) is 10.0 Å². The zero-order valence-electron chi connectivity index (χ0n) is 11.0. The van der Waals surface area contributed by atoms with E-state index >= 15 is 0 Å². The first-order valence-corrected chi connectivity index (χ1v) is 8.88. The van der Waals surface area contributed by atoms with E-state index in [-0.39, 0.29) is 4.99 Å². The molecule has 1 saturated heterocycles. The maximum atomic E-state index is 12.5. The van der Waals surface area contributed by atoms with Crippen LogP contribution in [0, 0.1) is 11.8 Å². The summed E-state index contributed by atoms with van der Waals surface area (Å²) < 4.78 is 27.0. The van der Waals surface area contributed by atoms with E-state index < -0.39 is 10.0 Å². The number of sulfonamides is 1. The molecule has 0 saturated carbocycles. The number of nitrogens with zero attached hydrogens (tertiary/aromatic N) is 1. The summed E-state index contributed by atoms with van der Waals surface area (Å²) in [4.78, 5) is 0.888. The average Bonchev–Trinajstić information content (AvgIpc) is 2.82. The molecule has 2 atom stereocenters. The van der Waals surface area contributed by atoms with Crippen LogP contribution in [0.2, 0.25) is 0 Å². The van der Waals surface area contributed by atoms with Gasteiger partial charge in [-0.3, -0.25) is 0 Å². The number of hydrogen-bond donors (Lipinski definition) is 1. The van der Waals surface area contributed by atoms with Crippen LogP contribution >= 0.6 is 23.6 Å². The monoisotopic (exact) mass is 318 g/mol. The maximum absolute atomic E-state index is 12.5. The van der Waals surface area contributed by atoms with E-state index in [0.29, 0.717) is 34.0 Å². The van der Waals surface area contributed by atoms with E-state index in [1.807, 2.05) is 0 Å². The zero-order valence-corrected chi connectivity index (χ0v) is 13.4. The van der Waals surface area contributed by atoms with Crippen molar-refractivity contribution in [3.05, 3.63) is 17.0 Å². The highest BCUT2D eigenvalue weighted by Crippen LogP contribution is 2.30. The highest BCUT2D eigenvalue weighted by molar-refractivity contribution is 7.91. The van der Waals surface area contributed by atoms with Crippen molar-refractivity contribution >= 4 is 38.6 Å². The summed E-state index contributed by atoms with van der Waals surface area (Å²) in [7, 11) is -3.39. The van der Waals surface area contributed by atoms with Gasteiger partial charge in [-0.2, -0.15) is 4.31 Å². The Balaban J connectivity index is 2.24. The molecule has 2 unspecified atom stereocenters. The number of rotatable bonds is 3. The lowest BCUT2D eigenvalue weighted by Crippen LogP contribution is -2.41. The molecule has 106 valence electrons. The van der Waals surface area contributed by atoms with Crippen LogP contribution in [0.25, 0.3) is 0 Å². The Labute approximate surface area is 123 Å². The highest BCUT2D eigenvalue weighted by atomic mass is 32.2. The third-order valence-corrected chi connectivity index (χ3v) is 7.52. The van der Waals surface area contributed by atoms with Crippen molar-refractivity contribution < 1.29 is 8.42 Å². The fourth-order valence-electron chi connectivity index (χ4n) is 2.16. The molecule has 4 nitrogen and oxygen atoms in total. The quantitative estimate of drug-likeness (QED) is 0.866. The van der Waals surface area contributed by atoms with Crippen LogP contribution < -0.4 is 5.73 Å². The first-order chi connectivity index (χ1) is 8.82. The fraction of sp³-hybridized carbons (Fsp3) is 0.583. The molecule has 1 aromatic rings. The van der Waals surface area contributed by atoms with E-state index in [9.17, 15) is 8.42 Å². The summed E-state index contributed by atoms with van der Waals surface area (Å²) in [6, 6.07) is 3.27. The lowest BCUT2D eigenvalue weighted by atomic mass is 9.90. The van der Waals surface area contributed by atoms with Crippen LogP contribution in [0.15, 0.2) is 16.3 Å². The van der Waals surface area contributed by atoms with Crippen molar-refractivity contribution in [2.24, 2.45) is 17.6 Å². The molecule has 0 aliphatic carbocycles. The van der Waals surface area contributed by atoms with Crippen molar-refractivity contribution in [1.29, 1.82) is 0 Å². The normalized spacial score (nSPS) is 25.4. The second-order valence-electron chi connectivity index (χ2n) is 5.09.